The number of hydrogen-bond donors (Lipinski definition) is 1. The lowest BCUT2D eigenvalue weighted by atomic mass is 10.1. The molecule has 0 bridgehead atoms. The third-order valence-corrected chi connectivity index (χ3v) is 2.85. The van der Waals surface area contributed by atoms with Crippen LogP contribution in [-0.2, 0) is 6.18 Å². The maximum absolute atomic E-state index is 12.8. The molecule has 9 heteroatoms. The number of benzene rings is 1. The van der Waals surface area contributed by atoms with Gasteiger partial charge in [0.1, 0.15) is 0 Å². The van der Waals surface area contributed by atoms with E-state index in [1.54, 1.807) is 6.92 Å². The van der Waals surface area contributed by atoms with Crippen molar-refractivity contribution in [3.8, 4) is 0 Å². The summed E-state index contributed by atoms with van der Waals surface area (Å²) in [6, 6.07) is 7.56. The van der Waals surface area contributed by atoms with Crippen LogP contribution < -0.4 is 5.43 Å². The highest BCUT2D eigenvalue weighted by atomic mass is 19.4. The molecule has 0 aliphatic heterocycles. The van der Waals surface area contributed by atoms with Crippen LogP contribution in [-0.4, -0.2) is 16.1 Å². The van der Waals surface area contributed by atoms with E-state index < -0.39 is 16.7 Å². The van der Waals surface area contributed by atoms with E-state index in [0.29, 0.717) is 5.69 Å². The number of pyridine rings is 1. The number of aryl methyl sites for hydroxylation is 1. The average molecular weight is 324 g/mol. The van der Waals surface area contributed by atoms with Crippen molar-refractivity contribution in [2.45, 2.75) is 13.1 Å². The minimum absolute atomic E-state index is 0.143. The van der Waals surface area contributed by atoms with Crippen LogP contribution in [0.4, 0.5) is 24.7 Å². The third kappa shape index (κ3) is 4.02. The van der Waals surface area contributed by atoms with Crippen molar-refractivity contribution in [3.05, 3.63) is 63.3 Å². The summed E-state index contributed by atoms with van der Waals surface area (Å²) in [7, 11) is 0. The summed E-state index contributed by atoms with van der Waals surface area (Å²) in [6.07, 6.45) is -3.58. The molecule has 0 unspecified atom stereocenters. The van der Waals surface area contributed by atoms with Crippen molar-refractivity contribution in [1.29, 1.82) is 0 Å². The summed E-state index contributed by atoms with van der Waals surface area (Å²) in [5.74, 6) is -0.143. The molecular weight excluding hydrogens is 313 g/mol. The monoisotopic (exact) mass is 324 g/mol. The molecule has 0 fully saturated rings. The van der Waals surface area contributed by atoms with Crippen LogP contribution in [0.5, 0.6) is 0 Å². The lowest BCUT2D eigenvalue weighted by molar-refractivity contribution is -0.384. The molecule has 0 radical (unpaired) electrons. The molecule has 0 spiro atoms. The van der Waals surface area contributed by atoms with Gasteiger partial charge in [0.2, 0.25) is 5.82 Å². The number of halogens is 3. The second-order valence-corrected chi connectivity index (χ2v) is 4.53. The predicted molar refractivity (Wildman–Crippen MR) is 78.3 cm³/mol. The number of nitro groups is 1. The lowest BCUT2D eigenvalue weighted by Gasteiger charge is -2.09. The van der Waals surface area contributed by atoms with Gasteiger partial charge < -0.3 is 0 Å². The van der Waals surface area contributed by atoms with Gasteiger partial charge in [-0.1, -0.05) is 18.2 Å². The Kier molecular flexibility index (Phi) is 4.58. The highest BCUT2D eigenvalue weighted by Crippen LogP contribution is 2.31. The Hall–Kier alpha value is -2.97. The number of hydrogen-bond acceptors (Lipinski definition) is 5. The van der Waals surface area contributed by atoms with E-state index in [9.17, 15) is 23.3 Å². The van der Waals surface area contributed by atoms with E-state index >= 15 is 0 Å². The van der Waals surface area contributed by atoms with Crippen molar-refractivity contribution in [2.75, 3.05) is 5.43 Å². The molecule has 1 aromatic heterocycles. The molecular formula is C14H11F3N4O2. The van der Waals surface area contributed by atoms with Crippen LogP contribution >= 0.6 is 0 Å². The Morgan fingerprint density at radius 2 is 1.96 bits per heavy atom. The fourth-order valence-electron chi connectivity index (χ4n) is 1.81. The van der Waals surface area contributed by atoms with Crippen molar-refractivity contribution < 1.29 is 18.1 Å². The van der Waals surface area contributed by atoms with Gasteiger partial charge in [-0.2, -0.15) is 18.3 Å². The maximum Gasteiger partial charge on any atom is 0.417 e. The molecule has 0 saturated carbocycles. The fraction of sp³-hybridized carbons (Fsp3) is 0.143. The Morgan fingerprint density at radius 1 is 1.26 bits per heavy atom. The first-order valence-electron chi connectivity index (χ1n) is 6.36. The van der Waals surface area contributed by atoms with Gasteiger partial charge in [-0.3, -0.25) is 15.5 Å². The number of nitrogens with one attached hydrogen (secondary N) is 1. The smallest absolute Gasteiger partial charge is 0.258 e. The Labute approximate surface area is 128 Å². The molecule has 0 atom stereocenters. The van der Waals surface area contributed by atoms with Gasteiger partial charge in [-0.25, -0.2) is 4.98 Å². The van der Waals surface area contributed by atoms with Crippen LogP contribution in [0.2, 0.25) is 0 Å². The van der Waals surface area contributed by atoms with E-state index in [4.69, 9.17) is 0 Å². The molecule has 1 N–H and O–H groups in total. The second kappa shape index (κ2) is 6.42. The van der Waals surface area contributed by atoms with E-state index in [0.717, 1.165) is 12.3 Å². The largest absolute Gasteiger partial charge is 0.417 e. The zero-order valence-corrected chi connectivity index (χ0v) is 11.8. The number of aromatic nitrogens is 1. The first-order chi connectivity index (χ1) is 10.8. The zero-order chi connectivity index (χ0) is 17.0. The Morgan fingerprint density at radius 3 is 2.61 bits per heavy atom. The van der Waals surface area contributed by atoms with Gasteiger partial charge in [-0.05, 0) is 19.1 Å². The number of alkyl halides is 3. The van der Waals surface area contributed by atoms with Crippen LogP contribution in [0.15, 0.2) is 41.5 Å². The summed E-state index contributed by atoms with van der Waals surface area (Å²) < 4.78 is 38.5. The number of hydrazone groups is 1. The highest BCUT2D eigenvalue weighted by Gasteiger charge is 2.32. The summed E-state index contributed by atoms with van der Waals surface area (Å²) >= 11 is 0. The third-order valence-electron chi connectivity index (χ3n) is 2.85. The quantitative estimate of drug-likeness (QED) is 0.527. The van der Waals surface area contributed by atoms with Crippen LogP contribution in [0.1, 0.15) is 16.8 Å². The summed E-state index contributed by atoms with van der Waals surface area (Å²) in [5.41, 5.74) is 1.48. The zero-order valence-electron chi connectivity index (χ0n) is 11.8. The van der Waals surface area contributed by atoms with Crippen molar-refractivity contribution in [1.82, 2.24) is 4.98 Å². The van der Waals surface area contributed by atoms with Gasteiger partial charge >= 0.3 is 11.9 Å². The topological polar surface area (TPSA) is 80.4 Å². The summed E-state index contributed by atoms with van der Waals surface area (Å²) in [4.78, 5) is 14.1. The number of nitrogens with zero attached hydrogens (tertiary/aromatic N) is 3. The Bertz CT molecular complexity index is 760. The van der Waals surface area contributed by atoms with Crippen molar-refractivity contribution in [2.24, 2.45) is 5.10 Å². The van der Waals surface area contributed by atoms with E-state index in [-0.39, 0.29) is 17.1 Å². The molecule has 0 amide bonds. The minimum atomic E-state index is -4.52. The number of rotatable bonds is 4. The van der Waals surface area contributed by atoms with E-state index in [1.165, 1.54) is 30.3 Å². The van der Waals surface area contributed by atoms with E-state index in [1.807, 2.05) is 0 Å². The van der Waals surface area contributed by atoms with Gasteiger partial charge in [-0.15, -0.1) is 0 Å². The van der Waals surface area contributed by atoms with Crippen molar-refractivity contribution >= 4 is 17.7 Å². The van der Waals surface area contributed by atoms with Crippen LogP contribution in [0.3, 0.4) is 0 Å². The van der Waals surface area contributed by atoms with Gasteiger partial charge in [0.15, 0.2) is 0 Å². The molecule has 1 aromatic carbocycles. The fourth-order valence-corrected chi connectivity index (χ4v) is 1.81. The van der Waals surface area contributed by atoms with Crippen LogP contribution in [0, 0.1) is 17.0 Å². The molecule has 120 valence electrons. The molecule has 2 aromatic rings. The van der Waals surface area contributed by atoms with Gasteiger partial charge in [0.05, 0.1) is 16.7 Å². The normalized spacial score (nSPS) is 11.7. The summed E-state index contributed by atoms with van der Waals surface area (Å²) in [5, 5.41) is 14.5. The second-order valence-electron chi connectivity index (χ2n) is 4.53. The standard InChI is InChI=1S/C14H11F3N4O2/c1-9-6-7-12(21(22)23)13(19-9)20-18-8-10-4-2-3-5-11(10)14(15,16)17/h2-8H,1H3,(H,19,20)/b18-8-. The summed E-state index contributed by atoms with van der Waals surface area (Å²) in [6.45, 7) is 1.62. The molecule has 0 saturated heterocycles. The lowest BCUT2D eigenvalue weighted by Crippen LogP contribution is -2.09. The van der Waals surface area contributed by atoms with Gasteiger partial charge in [0.25, 0.3) is 0 Å². The molecule has 0 aliphatic carbocycles. The van der Waals surface area contributed by atoms with Gasteiger partial charge in [0, 0.05) is 17.3 Å². The molecule has 6 nitrogen and oxygen atoms in total. The Balaban J connectivity index is 2.27. The SMILES string of the molecule is Cc1ccc([N+](=O)[O-])c(N/N=C\c2ccccc2C(F)(F)F)n1. The van der Waals surface area contributed by atoms with E-state index in [2.05, 4.69) is 15.5 Å². The maximum atomic E-state index is 12.8. The highest BCUT2D eigenvalue weighted by molar-refractivity contribution is 5.82. The molecule has 2 rings (SSSR count). The van der Waals surface area contributed by atoms with Crippen molar-refractivity contribution in [3.63, 3.8) is 0 Å². The molecule has 1 heterocycles. The minimum Gasteiger partial charge on any atom is -0.258 e. The molecule has 23 heavy (non-hydrogen) atoms. The first kappa shape index (κ1) is 16.4. The van der Waals surface area contributed by atoms with Crippen LogP contribution in [0.25, 0.3) is 0 Å². The predicted octanol–water partition coefficient (Wildman–Crippen LogP) is 3.76. The number of anilines is 1. The molecule has 0 aliphatic rings. The average Bonchev–Trinajstić information content (AvgIpc) is 2.46. The first-order valence-corrected chi connectivity index (χ1v) is 6.36.